The topological polar surface area (TPSA) is 52.3 Å². The van der Waals surface area contributed by atoms with Gasteiger partial charge in [0.1, 0.15) is 6.04 Å². The highest BCUT2D eigenvalue weighted by Crippen LogP contribution is 1.85. The standard InChI is InChI=1S/C4H8ClNO2/c1-8-4(7)3(6)2-5/h3H,2,6H2,1H3/t3-/m0/s1. The molecule has 0 spiro atoms. The number of ether oxygens (including phenoxy) is 1. The summed E-state index contributed by atoms with van der Waals surface area (Å²) in [6.07, 6.45) is 0. The highest BCUT2D eigenvalue weighted by atomic mass is 35.5. The molecule has 1 atom stereocenters. The molecule has 0 amide bonds. The van der Waals surface area contributed by atoms with Crippen LogP contribution in [-0.4, -0.2) is 25.0 Å². The van der Waals surface area contributed by atoms with Crippen LogP contribution < -0.4 is 5.73 Å². The van der Waals surface area contributed by atoms with Crippen molar-refractivity contribution in [2.24, 2.45) is 5.73 Å². The van der Waals surface area contributed by atoms with Gasteiger partial charge in [-0.1, -0.05) is 0 Å². The molecule has 2 N–H and O–H groups in total. The van der Waals surface area contributed by atoms with Gasteiger partial charge in [-0.2, -0.15) is 0 Å². The Bertz CT molecular complexity index is 86.1. The molecule has 0 radical (unpaired) electrons. The van der Waals surface area contributed by atoms with Crippen LogP contribution in [0.4, 0.5) is 0 Å². The van der Waals surface area contributed by atoms with Crippen molar-refractivity contribution < 1.29 is 9.53 Å². The Morgan fingerprint density at radius 3 is 2.62 bits per heavy atom. The molecular weight excluding hydrogens is 130 g/mol. The summed E-state index contributed by atoms with van der Waals surface area (Å²) in [6, 6.07) is -0.679. The van der Waals surface area contributed by atoms with E-state index >= 15 is 0 Å². The van der Waals surface area contributed by atoms with Crippen molar-refractivity contribution in [2.75, 3.05) is 13.0 Å². The fourth-order valence-corrected chi connectivity index (χ4v) is 0.340. The highest BCUT2D eigenvalue weighted by Gasteiger charge is 2.10. The second-order valence-corrected chi connectivity index (χ2v) is 1.59. The summed E-state index contributed by atoms with van der Waals surface area (Å²) in [5.41, 5.74) is 5.12. The van der Waals surface area contributed by atoms with Crippen molar-refractivity contribution >= 4 is 17.6 Å². The monoisotopic (exact) mass is 137 g/mol. The summed E-state index contributed by atoms with van der Waals surface area (Å²) in [6.45, 7) is 0. The lowest BCUT2D eigenvalue weighted by molar-refractivity contribution is -0.141. The predicted molar refractivity (Wildman–Crippen MR) is 30.7 cm³/mol. The molecule has 4 heteroatoms. The van der Waals surface area contributed by atoms with E-state index in [1.165, 1.54) is 7.11 Å². The van der Waals surface area contributed by atoms with Crippen molar-refractivity contribution in [3.8, 4) is 0 Å². The van der Waals surface area contributed by atoms with E-state index in [-0.39, 0.29) is 5.88 Å². The van der Waals surface area contributed by atoms with Crippen molar-refractivity contribution in [3.63, 3.8) is 0 Å². The van der Waals surface area contributed by atoms with E-state index < -0.39 is 12.0 Å². The summed E-state index contributed by atoms with van der Waals surface area (Å²) in [4.78, 5) is 10.3. The molecule has 0 aliphatic rings. The third-order valence-corrected chi connectivity index (χ3v) is 1.00. The molecule has 0 saturated heterocycles. The lowest BCUT2D eigenvalue weighted by Crippen LogP contribution is -2.32. The van der Waals surface area contributed by atoms with E-state index in [2.05, 4.69) is 4.74 Å². The molecule has 0 aromatic carbocycles. The molecule has 0 unspecified atom stereocenters. The Morgan fingerprint density at radius 1 is 2.00 bits per heavy atom. The Hall–Kier alpha value is -0.280. The number of alkyl halides is 1. The number of rotatable bonds is 2. The SMILES string of the molecule is COC(=O)[C@@H](N)CCl. The molecule has 0 aromatic heterocycles. The normalized spacial score (nSPS) is 12.9. The Kier molecular flexibility index (Phi) is 3.56. The molecule has 0 aliphatic carbocycles. The van der Waals surface area contributed by atoms with Crippen LogP contribution in [0.25, 0.3) is 0 Å². The van der Waals surface area contributed by atoms with E-state index in [1.807, 2.05) is 0 Å². The van der Waals surface area contributed by atoms with Gasteiger partial charge in [0.05, 0.1) is 7.11 Å². The molecule has 0 aromatic rings. The number of carbonyl (C=O) groups is 1. The van der Waals surface area contributed by atoms with Crippen LogP contribution >= 0.6 is 11.6 Å². The molecule has 3 nitrogen and oxygen atoms in total. The van der Waals surface area contributed by atoms with Crippen LogP contribution in [0.3, 0.4) is 0 Å². The number of methoxy groups -OCH3 is 1. The van der Waals surface area contributed by atoms with E-state index in [0.717, 1.165) is 0 Å². The fraction of sp³-hybridized carbons (Fsp3) is 0.750. The number of halogens is 1. The number of esters is 1. The van der Waals surface area contributed by atoms with Crippen LogP contribution in [-0.2, 0) is 9.53 Å². The quantitative estimate of drug-likeness (QED) is 0.421. The average molecular weight is 138 g/mol. The summed E-state index contributed by atoms with van der Waals surface area (Å²) in [5, 5.41) is 0. The largest absolute Gasteiger partial charge is 0.468 e. The summed E-state index contributed by atoms with van der Waals surface area (Å²) >= 11 is 5.20. The Morgan fingerprint density at radius 2 is 2.50 bits per heavy atom. The second kappa shape index (κ2) is 3.69. The summed E-state index contributed by atoms with van der Waals surface area (Å²) in [5.74, 6) is -0.368. The molecule has 0 saturated carbocycles. The van der Waals surface area contributed by atoms with Gasteiger partial charge >= 0.3 is 5.97 Å². The first kappa shape index (κ1) is 7.72. The van der Waals surface area contributed by atoms with Crippen LogP contribution in [0.2, 0.25) is 0 Å². The average Bonchev–Trinajstić information content (AvgIpc) is 1.84. The number of nitrogens with two attached hydrogens (primary N) is 1. The second-order valence-electron chi connectivity index (χ2n) is 1.28. The molecule has 0 rings (SSSR count). The van der Waals surface area contributed by atoms with Gasteiger partial charge in [-0.05, 0) is 0 Å². The zero-order valence-electron chi connectivity index (χ0n) is 4.56. The van der Waals surface area contributed by atoms with E-state index in [9.17, 15) is 4.79 Å². The van der Waals surface area contributed by atoms with Gasteiger partial charge in [0.15, 0.2) is 0 Å². The molecule has 48 valence electrons. The predicted octanol–water partition coefficient (Wildman–Crippen LogP) is -0.274. The maximum Gasteiger partial charge on any atom is 0.323 e. The first-order valence-corrected chi connectivity index (χ1v) is 2.65. The van der Waals surface area contributed by atoms with Crippen LogP contribution in [0.1, 0.15) is 0 Å². The van der Waals surface area contributed by atoms with Gasteiger partial charge < -0.3 is 10.5 Å². The number of carbonyl (C=O) groups excluding carboxylic acids is 1. The van der Waals surface area contributed by atoms with Gasteiger partial charge in [-0.3, -0.25) is 4.79 Å². The Balaban J connectivity index is 3.46. The van der Waals surface area contributed by atoms with Crippen molar-refractivity contribution in [1.82, 2.24) is 0 Å². The molecular formula is C4H8ClNO2. The maximum atomic E-state index is 10.3. The first-order chi connectivity index (χ1) is 3.72. The van der Waals surface area contributed by atoms with Gasteiger partial charge in [-0.15, -0.1) is 11.6 Å². The minimum atomic E-state index is -0.679. The zero-order chi connectivity index (χ0) is 6.57. The fourth-order valence-electron chi connectivity index (χ4n) is 0.214. The molecule has 0 fully saturated rings. The third-order valence-electron chi connectivity index (χ3n) is 0.670. The van der Waals surface area contributed by atoms with Gasteiger partial charge in [0, 0.05) is 5.88 Å². The lowest BCUT2D eigenvalue weighted by atomic mass is 10.4. The lowest BCUT2D eigenvalue weighted by Gasteiger charge is -2.01. The minimum absolute atomic E-state index is 0.104. The minimum Gasteiger partial charge on any atom is -0.468 e. The van der Waals surface area contributed by atoms with Gasteiger partial charge in [0.25, 0.3) is 0 Å². The van der Waals surface area contributed by atoms with Crippen molar-refractivity contribution in [1.29, 1.82) is 0 Å². The van der Waals surface area contributed by atoms with Gasteiger partial charge in [0.2, 0.25) is 0 Å². The van der Waals surface area contributed by atoms with Crippen molar-refractivity contribution in [2.45, 2.75) is 6.04 Å². The van der Waals surface area contributed by atoms with Crippen LogP contribution in [0.5, 0.6) is 0 Å². The summed E-state index contributed by atoms with van der Waals surface area (Å²) < 4.78 is 4.25. The maximum absolute atomic E-state index is 10.3. The van der Waals surface area contributed by atoms with E-state index in [0.29, 0.717) is 0 Å². The highest BCUT2D eigenvalue weighted by molar-refractivity contribution is 6.19. The summed E-state index contributed by atoms with van der Waals surface area (Å²) in [7, 11) is 1.27. The number of hydrogen-bond acceptors (Lipinski definition) is 3. The van der Waals surface area contributed by atoms with E-state index in [4.69, 9.17) is 17.3 Å². The molecule has 0 aliphatic heterocycles. The third kappa shape index (κ3) is 2.14. The van der Waals surface area contributed by atoms with Crippen molar-refractivity contribution in [3.05, 3.63) is 0 Å². The molecule has 0 heterocycles. The smallest absolute Gasteiger partial charge is 0.323 e. The molecule has 8 heavy (non-hydrogen) atoms. The Labute approximate surface area is 52.8 Å². The first-order valence-electron chi connectivity index (χ1n) is 2.11. The zero-order valence-corrected chi connectivity index (χ0v) is 5.31. The van der Waals surface area contributed by atoms with Crippen LogP contribution in [0.15, 0.2) is 0 Å². The van der Waals surface area contributed by atoms with Crippen LogP contribution in [0, 0.1) is 0 Å². The van der Waals surface area contributed by atoms with Gasteiger partial charge in [-0.25, -0.2) is 0 Å². The number of hydrogen-bond donors (Lipinski definition) is 1. The van der Waals surface area contributed by atoms with E-state index in [1.54, 1.807) is 0 Å². The molecule has 0 bridgehead atoms.